The standard InChI is InChI=1S/C19H21N3OS/c1-12-7-6-10-15(13(12)2)20-18(23)11-24-14(3)19-21-16-8-4-5-9-17(16)22-19/h4-10,14H,11H2,1-3H3,(H,20,23)(H,21,22)/t14-/m1/s1. The number of imidazole rings is 1. The van der Waals surface area contributed by atoms with Gasteiger partial charge in [0.1, 0.15) is 5.82 Å². The highest BCUT2D eigenvalue weighted by Gasteiger charge is 2.14. The highest BCUT2D eigenvalue weighted by molar-refractivity contribution is 8.00. The minimum Gasteiger partial charge on any atom is -0.341 e. The number of carbonyl (C=O) groups excluding carboxylic acids is 1. The Bertz CT molecular complexity index is 839. The van der Waals surface area contributed by atoms with Crippen LogP contribution in [0.5, 0.6) is 0 Å². The fourth-order valence-corrected chi connectivity index (χ4v) is 3.26. The summed E-state index contributed by atoms with van der Waals surface area (Å²) in [6.45, 7) is 6.13. The number of thioether (sulfide) groups is 1. The number of carbonyl (C=O) groups is 1. The molecule has 0 bridgehead atoms. The Kier molecular flexibility index (Phi) is 4.90. The zero-order valence-corrected chi connectivity index (χ0v) is 14.9. The third kappa shape index (κ3) is 3.62. The summed E-state index contributed by atoms with van der Waals surface area (Å²) in [5, 5.41) is 3.12. The van der Waals surface area contributed by atoms with E-state index in [1.807, 2.05) is 56.3 Å². The molecule has 0 aliphatic rings. The van der Waals surface area contributed by atoms with Gasteiger partial charge in [-0.1, -0.05) is 24.3 Å². The Morgan fingerprint density at radius 2 is 2.00 bits per heavy atom. The first-order chi connectivity index (χ1) is 11.5. The lowest BCUT2D eigenvalue weighted by Gasteiger charge is -2.11. The summed E-state index contributed by atoms with van der Waals surface area (Å²) in [4.78, 5) is 20.1. The number of hydrogen-bond acceptors (Lipinski definition) is 3. The molecule has 24 heavy (non-hydrogen) atoms. The monoisotopic (exact) mass is 339 g/mol. The van der Waals surface area contributed by atoms with E-state index < -0.39 is 0 Å². The predicted molar refractivity (Wildman–Crippen MR) is 102 cm³/mol. The summed E-state index contributed by atoms with van der Waals surface area (Å²) < 4.78 is 0. The molecule has 124 valence electrons. The van der Waals surface area contributed by atoms with Crippen LogP contribution in [-0.2, 0) is 4.79 Å². The van der Waals surface area contributed by atoms with Gasteiger partial charge in [-0.25, -0.2) is 4.98 Å². The Morgan fingerprint density at radius 1 is 1.21 bits per heavy atom. The SMILES string of the molecule is Cc1cccc(NC(=O)CS[C@H](C)c2nc3ccccc3[nH]2)c1C. The lowest BCUT2D eigenvalue weighted by Crippen LogP contribution is -2.15. The molecule has 0 saturated heterocycles. The maximum atomic E-state index is 12.2. The van der Waals surface area contributed by atoms with Gasteiger partial charge in [0.25, 0.3) is 0 Å². The topological polar surface area (TPSA) is 57.8 Å². The van der Waals surface area contributed by atoms with E-state index in [0.29, 0.717) is 5.75 Å². The van der Waals surface area contributed by atoms with Crippen molar-refractivity contribution in [1.29, 1.82) is 0 Å². The van der Waals surface area contributed by atoms with Crippen LogP contribution in [0.1, 0.15) is 29.1 Å². The highest BCUT2D eigenvalue weighted by atomic mass is 32.2. The Morgan fingerprint density at radius 3 is 2.79 bits per heavy atom. The minimum atomic E-state index is 0.0108. The number of nitrogens with one attached hydrogen (secondary N) is 2. The molecule has 0 aliphatic carbocycles. The third-order valence-corrected chi connectivity index (χ3v) is 5.29. The van der Waals surface area contributed by atoms with Gasteiger partial charge in [0.05, 0.1) is 22.0 Å². The van der Waals surface area contributed by atoms with Gasteiger partial charge >= 0.3 is 0 Å². The molecule has 0 spiro atoms. The molecule has 0 radical (unpaired) electrons. The van der Waals surface area contributed by atoms with Crippen molar-refractivity contribution in [3.63, 3.8) is 0 Å². The van der Waals surface area contributed by atoms with E-state index in [0.717, 1.165) is 28.1 Å². The number of amides is 1. The van der Waals surface area contributed by atoms with Crippen molar-refractivity contribution < 1.29 is 4.79 Å². The number of aromatic nitrogens is 2. The van der Waals surface area contributed by atoms with Crippen molar-refractivity contribution in [2.75, 3.05) is 11.1 Å². The third-order valence-electron chi connectivity index (χ3n) is 4.14. The summed E-state index contributed by atoms with van der Waals surface area (Å²) in [5.41, 5.74) is 5.16. The number of nitrogens with zero attached hydrogens (tertiary/aromatic N) is 1. The van der Waals surface area contributed by atoms with Crippen molar-refractivity contribution in [2.45, 2.75) is 26.0 Å². The van der Waals surface area contributed by atoms with E-state index in [1.54, 1.807) is 11.8 Å². The summed E-state index contributed by atoms with van der Waals surface area (Å²) in [6, 6.07) is 13.9. The maximum absolute atomic E-state index is 12.2. The van der Waals surface area contributed by atoms with Crippen LogP contribution in [0.4, 0.5) is 5.69 Å². The number of anilines is 1. The van der Waals surface area contributed by atoms with Crippen molar-refractivity contribution in [3.05, 3.63) is 59.4 Å². The number of H-pyrrole nitrogens is 1. The fourth-order valence-electron chi connectivity index (χ4n) is 2.52. The molecule has 1 aromatic heterocycles. The van der Waals surface area contributed by atoms with Crippen LogP contribution in [0.3, 0.4) is 0 Å². The van der Waals surface area contributed by atoms with E-state index in [9.17, 15) is 4.79 Å². The number of fused-ring (bicyclic) bond motifs is 1. The van der Waals surface area contributed by atoms with Gasteiger partial charge in [0.15, 0.2) is 0 Å². The van der Waals surface area contributed by atoms with E-state index in [-0.39, 0.29) is 11.2 Å². The van der Waals surface area contributed by atoms with Gasteiger partial charge in [-0.2, -0.15) is 0 Å². The summed E-state index contributed by atoms with van der Waals surface area (Å²) in [5.74, 6) is 1.31. The van der Waals surface area contributed by atoms with Crippen molar-refractivity contribution in [3.8, 4) is 0 Å². The second kappa shape index (κ2) is 7.09. The first-order valence-corrected chi connectivity index (χ1v) is 9.02. The molecule has 0 saturated carbocycles. The number of aryl methyl sites for hydroxylation is 1. The van der Waals surface area contributed by atoms with E-state index in [2.05, 4.69) is 22.2 Å². The quantitative estimate of drug-likeness (QED) is 0.713. The molecule has 0 unspecified atom stereocenters. The van der Waals surface area contributed by atoms with Crippen LogP contribution in [0, 0.1) is 13.8 Å². The van der Waals surface area contributed by atoms with Crippen molar-refractivity contribution >= 4 is 34.4 Å². The van der Waals surface area contributed by atoms with Crippen molar-refractivity contribution in [1.82, 2.24) is 9.97 Å². The summed E-state index contributed by atoms with van der Waals surface area (Å²) in [7, 11) is 0. The van der Waals surface area contributed by atoms with Crippen LogP contribution < -0.4 is 5.32 Å². The maximum Gasteiger partial charge on any atom is 0.234 e. The van der Waals surface area contributed by atoms with Gasteiger partial charge in [-0.15, -0.1) is 11.8 Å². The Labute approximate surface area is 146 Å². The van der Waals surface area contributed by atoms with Gasteiger partial charge in [0, 0.05) is 5.69 Å². The summed E-state index contributed by atoms with van der Waals surface area (Å²) in [6.07, 6.45) is 0. The van der Waals surface area contributed by atoms with Crippen LogP contribution in [0.25, 0.3) is 11.0 Å². The smallest absolute Gasteiger partial charge is 0.234 e. The van der Waals surface area contributed by atoms with Crippen molar-refractivity contribution in [2.24, 2.45) is 0 Å². The highest BCUT2D eigenvalue weighted by Crippen LogP contribution is 2.28. The summed E-state index contributed by atoms with van der Waals surface area (Å²) >= 11 is 1.58. The first kappa shape index (κ1) is 16.6. The number of para-hydroxylation sites is 2. The van der Waals surface area contributed by atoms with Gasteiger partial charge in [0.2, 0.25) is 5.91 Å². The minimum absolute atomic E-state index is 0.0108. The molecule has 5 heteroatoms. The number of aromatic amines is 1. The van der Waals surface area contributed by atoms with E-state index in [1.165, 1.54) is 5.56 Å². The molecule has 4 nitrogen and oxygen atoms in total. The normalized spacial score (nSPS) is 12.3. The lowest BCUT2D eigenvalue weighted by atomic mass is 10.1. The molecule has 1 amide bonds. The predicted octanol–water partition coefficient (Wildman–Crippen LogP) is 4.61. The first-order valence-electron chi connectivity index (χ1n) is 7.97. The van der Waals surface area contributed by atoms with Crippen LogP contribution >= 0.6 is 11.8 Å². The molecule has 3 rings (SSSR count). The van der Waals surface area contributed by atoms with Gasteiger partial charge in [-0.05, 0) is 50.1 Å². The van der Waals surface area contributed by atoms with Crippen LogP contribution in [0.2, 0.25) is 0 Å². The zero-order valence-electron chi connectivity index (χ0n) is 14.1. The molecule has 1 atom stereocenters. The molecule has 0 aliphatic heterocycles. The molecular weight excluding hydrogens is 318 g/mol. The molecular formula is C19H21N3OS. The average Bonchev–Trinajstić information content (AvgIpc) is 3.01. The fraction of sp³-hybridized carbons (Fsp3) is 0.263. The molecule has 0 fully saturated rings. The van der Waals surface area contributed by atoms with Crippen LogP contribution in [-0.4, -0.2) is 21.6 Å². The number of rotatable bonds is 5. The van der Waals surface area contributed by atoms with Gasteiger partial charge < -0.3 is 10.3 Å². The Hall–Kier alpha value is -2.27. The molecule has 2 aromatic carbocycles. The second-order valence-electron chi connectivity index (χ2n) is 5.89. The lowest BCUT2D eigenvalue weighted by molar-refractivity contribution is -0.113. The second-order valence-corrected chi connectivity index (χ2v) is 7.22. The molecule has 1 heterocycles. The van der Waals surface area contributed by atoms with Gasteiger partial charge in [-0.3, -0.25) is 4.79 Å². The average molecular weight is 339 g/mol. The number of hydrogen-bond donors (Lipinski definition) is 2. The largest absolute Gasteiger partial charge is 0.341 e. The van der Waals surface area contributed by atoms with E-state index in [4.69, 9.17) is 0 Å². The molecule has 2 N–H and O–H groups in total. The Balaban J connectivity index is 1.60. The van der Waals surface area contributed by atoms with E-state index >= 15 is 0 Å². The number of benzene rings is 2. The van der Waals surface area contributed by atoms with Crippen LogP contribution in [0.15, 0.2) is 42.5 Å². The molecule has 3 aromatic rings. The zero-order chi connectivity index (χ0) is 17.1.